The summed E-state index contributed by atoms with van der Waals surface area (Å²) in [5.74, 6) is -0.907. The Morgan fingerprint density at radius 2 is 2.19 bits per heavy atom. The minimum absolute atomic E-state index is 0.00420. The van der Waals surface area contributed by atoms with Gasteiger partial charge < -0.3 is 31.7 Å². The molecule has 0 bridgehead atoms. The van der Waals surface area contributed by atoms with Crippen LogP contribution in [0.4, 0.5) is 5.82 Å². The van der Waals surface area contributed by atoms with Gasteiger partial charge in [0.2, 0.25) is 11.8 Å². The van der Waals surface area contributed by atoms with E-state index in [4.69, 9.17) is 16.2 Å². The van der Waals surface area contributed by atoms with Crippen molar-refractivity contribution in [2.24, 2.45) is 11.5 Å². The van der Waals surface area contributed by atoms with Crippen LogP contribution in [0, 0.1) is 0 Å². The molecule has 12 heteroatoms. The Kier molecular flexibility index (Phi) is 5.60. The highest BCUT2D eigenvalue weighted by Crippen LogP contribution is 2.31. The molecule has 0 saturated carbocycles. The van der Waals surface area contributed by atoms with Crippen molar-refractivity contribution in [1.82, 2.24) is 19.5 Å². The van der Waals surface area contributed by atoms with Crippen LogP contribution in [-0.4, -0.2) is 66.4 Å². The molecule has 1 aliphatic rings. The summed E-state index contributed by atoms with van der Waals surface area (Å²) in [6.45, 7) is -0.302. The summed E-state index contributed by atoms with van der Waals surface area (Å²) in [5.41, 5.74) is 11.5. The molecule has 1 aliphatic heterocycles. The number of amides is 2. The molecule has 12 nitrogen and oxygen atoms in total. The van der Waals surface area contributed by atoms with Crippen molar-refractivity contribution in [1.29, 1.82) is 0 Å². The second kappa shape index (κ2) is 7.92. The number of rotatable bonds is 7. The first-order chi connectivity index (χ1) is 12.9. The Morgan fingerprint density at radius 1 is 1.41 bits per heavy atom. The van der Waals surface area contributed by atoms with Crippen LogP contribution in [0.5, 0.6) is 0 Å². The zero-order valence-electron chi connectivity index (χ0n) is 14.4. The van der Waals surface area contributed by atoms with E-state index in [-0.39, 0.29) is 31.7 Å². The summed E-state index contributed by atoms with van der Waals surface area (Å²) in [5, 5.41) is 21.7. The smallest absolute Gasteiger partial charge is 0.242 e. The number of primary amides is 1. The van der Waals surface area contributed by atoms with Gasteiger partial charge in [-0.2, -0.15) is 0 Å². The van der Waals surface area contributed by atoms with Gasteiger partial charge in [0, 0.05) is 12.8 Å². The first-order valence-corrected chi connectivity index (χ1v) is 8.37. The molecule has 3 rings (SSSR count). The quantitative estimate of drug-likeness (QED) is 0.362. The summed E-state index contributed by atoms with van der Waals surface area (Å²) in [6.07, 6.45) is 1.03. The number of hydrogen-bond acceptors (Lipinski definition) is 9. The molecule has 2 aromatic heterocycles. The van der Waals surface area contributed by atoms with Crippen LogP contribution in [-0.2, 0) is 14.3 Å². The molecule has 0 spiro atoms. The van der Waals surface area contributed by atoms with E-state index in [0.29, 0.717) is 11.2 Å². The van der Waals surface area contributed by atoms with E-state index in [1.165, 1.54) is 12.7 Å². The zero-order valence-corrected chi connectivity index (χ0v) is 14.4. The Hall–Kier alpha value is -2.67. The van der Waals surface area contributed by atoms with Crippen molar-refractivity contribution in [3.05, 3.63) is 12.7 Å². The number of carbonyl (C=O) groups excluding carboxylic acids is 2. The molecule has 1 fully saturated rings. The van der Waals surface area contributed by atoms with Crippen molar-refractivity contribution in [3.8, 4) is 0 Å². The second-order valence-corrected chi connectivity index (χ2v) is 6.26. The van der Waals surface area contributed by atoms with Gasteiger partial charge in [0.05, 0.1) is 25.1 Å². The van der Waals surface area contributed by atoms with Gasteiger partial charge in [-0.05, 0) is 6.42 Å². The Bertz CT molecular complexity index is 841. The maximum Gasteiger partial charge on any atom is 0.242 e. The first-order valence-electron chi connectivity index (χ1n) is 8.37. The van der Waals surface area contributed by atoms with E-state index in [1.54, 1.807) is 4.57 Å². The number of aliphatic hydroxyl groups excluding tert-OH is 2. The average Bonchev–Trinajstić information content (AvgIpc) is 3.23. The van der Waals surface area contributed by atoms with Crippen LogP contribution in [0.2, 0.25) is 0 Å². The summed E-state index contributed by atoms with van der Waals surface area (Å²) >= 11 is 0. The maximum atomic E-state index is 12.2. The minimum Gasteiger partial charge on any atom is -0.394 e. The van der Waals surface area contributed by atoms with Crippen LogP contribution in [0.1, 0.15) is 25.5 Å². The molecule has 0 radical (unpaired) electrons. The van der Waals surface area contributed by atoms with Gasteiger partial charge in [0.1, 0.15) is 18.7 Å². The van der Waals surface area contributed by atoms with Crippen molar-refractivity contribution in [2.75, 3.05) is 11.9 Å². The van der Waals surface area contributed by atoms with E-state index >= 15 is 0 Å². The molecule has 0 aromatic carbocycles. The van der Waals surface area contributed by atoms with Crippen molar-refractivity contribution < 1.29 is 24.5 Å². The number of anilines is 1. The monoisotopic (exact) mass is 379 g/mol. The molecule has 2 aromatic rings. The summed E-state index contributed by atoms with van der Waals surface area (Å²) in [6, 6.07) is -0.928. The SMILES string of the molecule is NC(=O)CC[C@H](N)C(=O)Nc1ncnc2c1ncn2[C@H]1C[C@H](O)[C@@H](CO)O1. The molecule has 3 heterocycles. The highest BCUT2D eigenvalue weighted by atomic mass is 16.5. The van der Waals surface area contributed by atoms with E-state index in [2.05, 4.69) is 20.3 Å². The standard InChI is InChI=1S/C15H21N7O5/c16-7(1-2-10(17)25)15(26)21-13-12-14(19-5-18-13)22(6-20-12)11-3-8(24)9(4-23)27-11/h5-9,11,23-24H,1-4,16H2,(H2,17,25)(H,18,19,21,26)/t7-,8-,9+,11+/m0/s1. The fraction of sp³-hybridized carbons (Fsp3) is 0.533. The lowest BCUT2D eigenvalue weighted by atomic mass is 10.1. The molecule has 0 aliphatic carbocycles. The number of nitrogens with zero attached hydrogens (tertiary/aromatic N) is 4. The van der Waals surface area contributed by atoms with Gasteiger partial charge in [0.25, 0.3) is 0 Å². The van der Waals surface area contributed by atoms with Gasteiger partial charge >= 0.3 is 0 Å². The fourth-order valence-electron chi connectivity index (χ4n) is 2.84. The Labute approximate surface area is 153 Å². The third-order valence-electron chi connectivity index (χ3n) is 4.33. The van der Waals surface area contributed by atoms with E-state index in [1.807, 2.05) is 0 Å². The molecule has 7 N–H and O–H groups in total. The van der Waals surface area contributed by atoms with Crippen LogP contribution in [0.3, 0.4) is 0 Å². The van der Waals surface area contributed by atoms with E-state index in [9.17, 15) is 19.8 Å². The predicted octanol–water partition coefficient (Wildman–Crippen LogP) is -2.00. The van der Waals surface area contributed by atoms with Gasteiger partial charge in [0.15, 0.2) is 17.0 Å². The average molecular weight is 379 g/mol. The number of imidazole rings is 1. The molecule has 4 atom stereocenters. The van der Waals surface area contributed by atoms with Crippen molar-refractivity contribution in [2.45, 2.75) is 43.7 Å². The molecule has 1 saturated heterocycles. The van der Waals surface area contributed by atoms with Gasteiger partial charge in [-0.3, -0.25) is 14.2 Å². The Morgan fingerprint density at radius 3 is 2.85 bits per heavy atom. The number of aromatic nitrogens is 4. The maximum absolute atomic E-state index is 12.2. The second-order valence-electron chi connectivity index (χ2n) is 6.26. The summed E-state index contributed by atoms with van der Waals surface area (Å²) < 4.78 is 7.20. The molecule has 2 amide bonds. The highest BCUT2D eigenvalue weighted by molar-refractivity contribution is 5.99. The molecule has 146 valence electrons. The number of ether oxygens (including phenoxy) is 1. The third kappa shape index (κ3) is 4.03. The molecule has 27 heavy (non-hydrogen) atoms. The number of nitrogens with two attached hydrogens (primary N) is 2. The van der Waals surface area contributed by atoms with Crippen LogP contribution in [0.25, 0.3) is 11.2 Å². The zero-order chi connectivity index (χ0) is 19.6. The van der Waals surface area contributed by atoms with Gasteiger partial charge in [-0.15, -0.1) is 0 Å². The lowest BCUT2D eigenvalue weighted by Gasteiger charge is -2.14. The minimum atomic E-state index is -0.928. The van der Waals surface area contributed by atoms with Gasteiger partial charge in [-0.25, -0.2) is 15.0 Å². The first kappa shape index (κ1) is 19.1. The number of carbonyl (C=O) groups is 2. The van der Waals surface area contributed by atoms with Crippen molar-refractivity contribution in [3.63, 3.8) is 0 Å². The van der Waals surface area contributed by atoms with Crippen LogP contribution >= 0.6 is 0 Å². The normalized spacial score (nSPS) is 23.4. The molecular weight excluding hydrogens is 358 g/mol. The highest BCUT2D eigenvalue weighted by Gasteiger charge is 2.35. The van der Waals surface area contributed by atoms with Gasteiger partial charge in [-0.1, -0.05) is 0 Å². The lowest BCUT2D eigenvalue weighted by Crippen LogP contribution is -2.36. The lowest BCUT2D eigenvalue weighted by molar-refractivity contribution is -0.119. The Balaban J connectivity index is 1.78. The third-order valence-corrected chi connectivity index (χ3v) is 4.33. The number of nitrogens with one attached hydrogen (secondary N) is 1. The van der Waals surface area contributed by atoms with E-state index < -0.39 is 36.3 Å². The number of hydrogen-bond donors (Lipinski definition) is 5. The van der Waals surface area contributed by atoms with E-state index in [0.717, 1.165) is 0 Å². The molecular formula is C15H21N7O5. The fourth-order valence-corrected chi connectivity index (χ4v) is 2.84. The van der Waals surface area contributed by atoms with Crippen LogP contribution in [0.15, 0.2) is 12.7 Å². The number of aliphatic hydroxyl groups is 2. The predicted molar refractivity (Wildman–Crippen MR) is 92.0 cm³/mol. The van der Waals surface area contributed by atoms with Crippen molar-refractivity contribution >= 4 is 28.8 Å². The summed E-state index contributed by atoms with van der Waals surface area (Å²) in [4.78, 5) is 35.4. The largest absolute Gasteiger partial charge is 0.394 e. The topological polar surface area (TPSA) is 191 Å². The van der Waals surface area contributed by atoms with Crippen LogP contribution < -0.4 is 16.8 Å². The number of fused-ring (bicyclic) bond motifs is 1. The summed E-state index contributed by atoms with van der Waals surface area (Å²) in [7, 11) is 0. The molecule has 0 unspecified atom stereocenters.